The van der Waals surface area contributed by atoms with Crippen LogP contribution in [-0.2, 0) is 14.3 Å². The molecule has 1 aliphatic heterocycles. The molecule has 0 radical (unpaired) electrons. The monoisotopic (exact) mass is 234 g/mol. The summed E-state index contributed by atoms with van der Waals surface area (Å²) in [6, 6.07) is 0. The summed E-state index contributed by atoms with van der Waals surface area (Å²) in [5.74, 6) is -1.16. The number of rotatable bonds is 4. The zero-order valence-corrected chi connectivity index (χ0v) is 8.50. The van der Waals surface area contributed by atoms with Gasteiger partial charge in [0.1, 0.15) is 0 Å². The Morgan fingerprint density at radius 3 is 1.25 bits per heavy atom. The zero-order chi connectivity index (χ0) is 12.6. The molecule has 0 fully saturated rings. The fourth-order valence-electron chi connectivity index (χ4n) is 0.603. The van der Waals surface area contributed by atoms with Crippen molar-refractivity contribution < 1.29 is 34.8 Å². The van der Waals surface area contributed by atoms with Crippen LogP contribution in [0.5, 0.6) is 0 Å². The van der Waals surface area contributed by atoms with Crippen molar-refractivity contribution in [1.82, 2.24) is 0 Å². The lowest BCUT2D eigenvalue weighted by Gasteiger charge is -2.23. The third-order valence-corrected chi connectivity index (χ3v) is 1.90. The SMILES string of the molecule is O=C1C=CC(=O)O1.OCC(CO)(CO)CO. The molecule has 0 unspecified atom stereocenters. The second kappa shape index (κ2) is 7.07. The molecule has 0 aromatic carbocycles. The minimum atomic E-state index is -1.11. The molecule has 1 rings (SSSR count). The molecule has 92 valence electrons. The number of carbonyl (C=O) groups excluding carboxylic acids is 2. The van der Waals surface area contributed by atoms with Crippen molar-refractivity contribution in [2.24, 2.45) is 5.41 Å². The largest absolute Gasteiger partial charge is 0.396 e. The number of ether oxygens (including phenoxy) is 1. The molecular formula is C9H14O7. The van der Waals surface area contributed by atoms with Crippen molar-refractivity contribution in [3.8, 4) is 0 Å². The molecular weight excluding hydrogens is 220 g/mol. The lowest BCUT2D eigenvalue weighted by molar-refractivity contribution is -0.150. The Balaban J connectivity index is 0.000000288. The van der Waals surface area contributed by atoms with Crippen LogP contribution in [0.3, 0.4) is 0 Å². The summed E-state index contributed by atoms with van der Waals surface area (Å²) in [7, 11) is 0. The summed E-state index contributed by atoms with van der Waals surface area (Å²) < 4.78 is 3.97. The first-order valence-corrected chi connectivity index (χ1v) is 4.41. The highest BCUT2D eigenvalue weighted by molar-refractivity contribution is 6.04. The van der Waals surface area contributed by atoms with E-state index < -0.39 is 43.8 Å². The van der Waals surface area contributed by atoms with Crippen molar-refractivity contribution in [1.29, 1.82) is 0 Å². The van der Waals surface area contributed by atoms with Crippen LogP contribution in [0.15, 0.2) is 12.2 Å². The van der Waals surface area contributed by atoms with Gasteiger partial charge in [-0.3, -0.25) is 0 Å². The van der Waals surface area contributed by atoms with E-state index in [1.807, 2.05) is 0 Å². The average Bonchev–Trinajstić information content (AvgIpc) is 2.67. The smallest absolute Gasteiger partial charge is 0.338 e. The zero-order valence-electron chi connectivity index (χ0n) is 8.50. The number of cyclic esters (lactones) is 2. The molecule has 7 heteroatoms. The van der Waals surface area contributed by atoms with Gasteiger partial charge in [-0.15, -0.1) is 0 Å². The highest BCUT2D eigenvalue weighted by Gasteiger charge is 2.26. The van der Waals surface area contributed by atoms with Crippen LogP contribution in [0.4, 0.5) is 0 Å². The molecule has 0 saturated heterocycles. The van der Waals surface area contributed by atoms with Crippen LogP contribution in [0.25, 0.3) is 0 Å². The molecule has 0 amide bonds. The van der Waals surface area contributed by atoms with E-state index in [4.69, 9.17) is 20.4 Å². The minimum absolute atomic E-state index is 0.406. The van der Waals surface area contributed by atoms with E-state index in [1.54, 1.807) is 0 Å². The third kappa shape index (κ3) is 4.49. The van der Waals surface area contributed by atoms with Crippen molar-refractivity contribution in [2.45, 2.75) is 0 Å². The lowest BCUT2D eigenvalue weighted by atomic mass is 9.93. The molecule has 1 aliphatic rings. The average molecular weight is 234 g/mol. The van der Waals surface area contributed by atoms with Crippen LogP contribution in [0.2, 0.25) is 0 Å². The third-order valence-electron chi connectivity index (χ3n) is 1.90. The van der Waals surface area contributed by atoms with Gasteiger partial charge in [0.2, 0.25) is 0 Å². The molecule has 0 aromatic heterocycles. The molecule has 0 spiro atoms. The molecule has 0 aliphatic carbocycles. The lowest BCUT2D eigenvalue weighted by Crippen LogP contribution is -2.37. The van der Waals surface area contributed by atoms with Gasteiger partial charge in [0, 0.05) is 12.2 Å². The fourth-order valence-corrected chi connectivity index (χ4v) is 0.603. The van der Waals surface area contributed by atoms with Crippen LogP contribution in [0.1, 0.15) is 0 Å². The predicted molar refractivity (Wildman–Crippen MR) is 51.0 cm³/mol. The van der Waals surface area contributed by atoms with E-state index in [9.17, 15) is 9.59 Å². The Hall–Kier alpha value is -1.28. The predicted octanol–water partition coefficient (Wildman–Crippen LogP) is -2.43. The standard InChI is InChI=1S/C5H12O4.C4H2O3/c6-1-5(2-7,3-8)4-9;5-3-1-2-4(6)7-3/h6-9H,1-4H2;1-2H. The van der Waals surface area contributed by atoms with Crippen LogP contribution in [-0.4, -0.2) is 58.8 Å². The van der Waals surface area contributed by atoms with Gasteiger partial charge in [0.15, 0.2) is 0 Å². The fraction of sp³-hybridized carbons (Fsp3) is 0.556. The summed E-state index contributed by atoms with van der Waals surface area (Å²) in [5.41, 5.74) is -1.11. The number of hydrogen-bond donors (Lipinski definition) is 4. The van der Waals surface area contributed by atoms with E-state index in [0.717, 1.165) is 12.2 Å². The molecule has 0 aromatic rings. The maximum Gasteiger partial charge on any atom is 0.338 e. The molecule has 0 atom stereocenters. The van der Waals surface area contributed by atoms with E-state index in [1.165, 1.54) is 0 Å². The molecule has 7 nitrogen and oxygen atoms in total. The Labute approximate surface area is 91.6 Å². The van der Waals surface area contributed by atoms with E-state index in [2.05, 4.69) is 4.74 Å². The Kier molecular flexibility index (Phi) is 6.50. The Morgan fingerprint density at radius 2 is 1.19 bits per heavy atom. The number of aliphatic hydroxyl groups excluding tert-OH is 4. The van der Waals surface area contributed by atoms with Crippen molar-refractivity contribution in [2.75, 3.05) is 26.4 Å². The summed E-state index contributed by atoms with van der Waals surface area (Å²) >= 11 is 0. The summed E-state index contributed by atoms with van der Waals surface area (Å²) in [4.78, 5) is 19.8. The van der Waals surface area contributed by atoms with Gasteiger partial charge in [-0.25, -0.2) is 9.59 Å². The normalized spacial score (nSPS) is 14.5. The topological polar surface area (TPSA) is 124 Å². The van der Waals surface area contributed by atoms with Gasteiger partial charge in [0.05, 0.1) is 31.8 Å². The molecule has 1 heterocycles. The molecule has 16 heavy (non-hydrogen) atoms. The first kappa shape index (κ1) is 14.7. The minimum Gasteiger partial charge on any atom is -0.396 e. The van der Waals surface area contributed by atoms with Crippen molar-refractivity contribution >= 4 is 11.9 Å². The van der Waals surface area contributed by atoms with Gasteiger partial charge < -0.3 is 25.2 Å². The second-order valence-corrected chi connectivity index (χ2v) is 3.21. The number of esters is 2. The van der Waals surface area contributed by atoms with E-state index >= 15 is 0 Å². The van der Waals surface area contributed by atoms with Gasteiger partial charge in [-0.2, -0.15) is 0 Å². The van der Waals surface area contributed by atoms with E-state index in [0.29, 0.717) is 0 Å². The van der Waals surface area contributed by atoms with Crippen LogP contribution >= 0.6 is 0 Å². The van der Waals surface area contributed by atoms with Crippen LogP contribution in [0, 0.1) is 5.41 Å². The van der Waals surface area contributed by atoms with Crippen LogP contribution < -0.4 is 0 Å². The highest BCUT2D eigenvalue weighted by Crippen LogP contribution is 2.11. The summed E-state index contributed by atoms with van der Waals surface area (Å²) in [6.07, 6.45) is 2.17. The van der Waals surface area contributed by atoms with Gasteiger partial charge >= 0.3 is 11.9 Å². The first-order chi connectivity index (χ1) is 7.53. The molecule has 4 N–H and O–H groups in total. The number of carbonyl (C=O) groups is 2. The summed E-state index contributed by atoms with van der Waals surface area (Å²) in [6.45, 7) is -1.62. The first-order valence-electron chi connectivity index (χ1n) is 4.41. The van der Waals surface area contributed by atoms with Crippen molar-refractivity contribution in [3.63, 3.8) is 0 Å². The maximum atomic E-state index is 9.92. The Morgan fingerprint density at radius 1 is 0.875 bits per heavy atom. The Bertz CT molecular complexity index is 234. The van der Waals surface area contributed by atoms with Crippen molar-refractivity contribution in [3.05, 3.63) is 12.2 Å². The quantitative estimate of drug-likeness (QED) is 0.315. The van der Waals surface area contributed by atoms with Gasteiger partial charge in [-0.1, -0.05) is 0 Å². The highest BCUT2D eigenvalue weighted by atomic mass is 16.6. The maximum absolute atomic E-state index is 9.92. The van der Waals surface area contributed by atoms with Gasteiger partial charge in [0.25, 0.3) is 0 Å². The number of aliphatic hydroxyl groups is 4. The van der Waals surface area contributed by atoms with Gasteiger partial charge in [-0.05, 0) is 0 Å². The molecule has 0 bridgehead atoms. The number of hydrogen-bond acceptors (Lipinski definition) is 7. The summed E-state index contributed by atoms with van der Waals surface area (Å²) in [5, 5.41) is 34.0. The molecule has 0 saturated carbocycles. The second-order valence-electron chi connectivity index (χ2n) is 3.21. The van der Waals surface area contributed by atoms with E-state index in [-0.39, 0.29) is 0 Å².